The first kappa shape index (κ1) is 29.0. The molecule has 0 unspecified atom stereocenters. The third-order valence-electron chi connectivity index (χ3n) is 6.71. The number of para-hydroxylation sites is 1. The highest BCUT2D eigenvalue weighted by Gasteiger charge is 2.46. The van der Waals surface area contributed by atoms with Crippen LogP contribution in [-0.4, -0.2) is 42.6 Å². The van der Waals surface area contributed by atoms with E-state index in [4.69, 9.17) is 26.4 Å². The van der Waals surface area contributed by atoms with E-state index in [2.05, 4.69) is 0 Å². The first-order valence-corrected chi connectivity index (χ1v) is 15.1. The number of benzene rings is 3. The van der Waals surface area contributed by atoms with Crippen molar-refractivity contribution in [3.63, 3.8) is 0 Å². The van der Waals surface area contributed by atoms with Gasteiger partial charge in [0.2, 0.25) is 0 Å². The fraction of sp³-hybridized carbons (Fsp3) is 0.219. The third kappa shape index (κ3) is 5.66. The van der Waals surface area contributed by atoms with Crippen molar-refractivity contribution in [2.75, 3.05) is 25.2 Å². The van der Waals surface area contributed by atoms with Gasteiger partial charge in [-0.2, -0.15) is 0 Å². The van der Waals surface area contributed by atoms with Crippen LogP contribution in [0.2, 0.25) is 0 Å². The summed E-state index contributed by atoms with van der Waals surface area (Å²) in [6, 6.07) is 24.6. The Hall–Kier alpha value is -3.53. The van der Waals surface area contributed by atoms with Gasteiger partial charge in [0.15, 0.2) is 6.61 Å². The molecule has 2 heterocycles. The second-order valence-electron chi connectivity index (χ2n) is 9.71. The van der Waals surface area contributed by atoms with E-state index < -0.39 is 5.54 Å². The van der Waals surface area contributed by atoms with E-state index >= 15 is 0 Å². The Morgan fingerprint density at radius 3 is 2.27 bits per heavy atom. The molecule has 1 amide bonds. The number of ether oxygens (including phenoxy) is 3. The van der Waals surface area contributed by atoms with Gasteiger partial charge < -0.3 is 14.2 Å². The van der Waals surface area contributed by atoms with Crippen LogP contribution in [0.1, 0.15) is 31.9 Å². The Labute approximate surface area is 253 Å². The van der Waals surface area contributed by atoms with E-state index in [0.29, 0.717) is 27.0 Å². The van der Waals surface area contributed by atoms with Crippen LogP contribution in [0.25, 0.3) is 10.5 Å². The van der Waals surface area contributed by atoms with Crippen molar-refractivity contribution in [3.05, 3.63) is 99.1 Å². The Bertz CT molecular complexity index is 1560. The maximum absolute atomic E-state index is 13.7. The lowest BCUT2D eigenvalue weighted by Gasteiger charge is -2.45. The zero-order valence-electron chi connectivity index (χ0n) is 23.1. The van der Waals surface area contributed by atoms with Gasteiger partial charge >= 0.3 is 5.97 Å². The summed E-state index contributed by atoms with van der Waals surface area (Å²) in [5.41, 5.74) is 2.31. The number of nitrogens with zero attached hydrogens (tertiary/aromatic N) is 1. The molecule has 210 valence electrons. The van der Waals surface area contributed by atoms with E-state index in [-0.39, 0.29) is 25.1 Å². The maximum Gasteiger partial charge on any atom is 0.346 e. The Balaban J connectivity index is 1.60. The number of amides is 1. The minimum atomic E-state index is -0.864. The fourth-order valence-electron chi connectivity index (χ4n) is 4.75. The molecule has 0 spiro atoms. The topological polar surface area (TPSA) is 65.1 Å². The van der Waals surface area contributed by atoms with Gasteiger partial charge in [0.1, 0.15) is 16.4 Å². The van der Waals surface area contributed by atoms with Crippen molar-refractivity contribution in [1.29, 1.82) is 0 Å². The molecule has 0 bridgehead atoms. The summed E-state index contributed by atoms with van der Waals surface area (Å²) in [6.45, 7) is 5.79. The van der Waals surface area contributed by atoms with E-state index in [9.17, 15) is 9.59 Å². The van der Waals surface area contributed by atoms with Crippen molar-refractivity contribution in [2.45, 2.75) is 26.3 Å². The molecule has 2 aliphatic heterocycles. The first-order chi connectivity index (χ1) is 19.8. The normalized spacial score (nSPS) is 17.8. The van der Waals surface area contributed by atoms with Gasteiger partial charge in [0, 0.05) is 16.0 Å². The van der Waals surface area contributed by atoms with Gasteiger partial charge in [-0.05, 0) is 56.7 Å². The van der Waals surface area contributed by atoms with Crippen LogP contribution in [-0.2, 0) is 14.3 Å². The van der Waals surface area contributed by atoms with Crippen LogP contribution in [0.15, 0.2) is 88.0 Å². The summed E-state index contributed by atoms with van der Waals surface area (Å²) in [5, 5.41) is 0. The van der Waals surface area contributed by atoms with Crippen LogP contribution >= 0.6 is 35.7 Å². The Kier molecular flexibility index (Phi) is 8.58. The predicted molar refractivity (Wildman–Crippen MR) is 171 cm³/mol. The molecule has 41 heavy (non-hydrogen) atoms. The molecule has 5 rings (SSSR count). The van der Waals surface area contributed by atoms with Crippen LogP contribution in [0.4, 0.5) is 5.69 Å². The number of thiocarbonyl (C=S) groups is 1. The smallest absolute Gasteiger partial charge is 0.346 e. The number of hydrogen-bond acceptors (Lipinski definition) is 8. The Morgan fingerprint density at radius 1 is 0.927 bits per heavy atom. The van der Waals surface area contributed by atoms with E-state index in [1.54, 1.807) is 18.9 Å². The third-order valence-corrected chi connectivity index (χ3v) is 10.0. The lowest BCUT2D eigenvalue weighted by atomic mass is 9.83. The van der Waals surface area contributed by atoms with E-state index in [1.165, 1.54) is 23.5 Å². The molecule has 3 aromatic rings. The molecule has 0 fully saturated rings. The Morgan fingerprint density at radius 2 is 1.61 bits per heavy atom. The molecule has 3 aromatic carbocycles. The summed E-state index contributed by atoms with van der Waals surface area (Å²) in [7, 11) is 1.60. The summed E-state index contributed by atoms with van der Waals surface area (Å²) in [5.74, 6) is 0.646. The number of anilines is 1. The number of esters is 1. The highest BCUT2D eigenvalue weighted by atomic mass is 32.2. The first-order valence-electron chi connectivity index (χ1n) is 13.1. The van der Waals surface area contributed by atoms with Crippen LogP contribution < -0.4 is 14.4 Å². The van der Waals surface area contributed by atoms with Gasteiger partial charge in [-0.25, -0.2) is 4.79 Å². The molecule has 0 atom stereocenters. The van der Waals surface area contributed by atoms with Gasteiger partial charge in [-0.3, -0.25) is 9.69 Å². The number of carbonyl (C=O) groups excluding carboxylic acids is 2. The highest BCUT2D eigenvalue weighted by molar-refractivity contribution is 8.32. The number of fused-ring (bicyclic) bond motifs is 1. The predicted octanol–water partition coefficient (Wildman–Crippen LogP) is 7.35. The number of thioether (sulfide) groups is 2. The standard InChI is InChI=1S/C32H29NO5S3/c1-5-37-30(35)28-27(20-12-8-6-9-13-20)40-31(41-28)26-23-18-22(36-4)16-17-24(23)33(32(2,3)29(26)39)25(34)19-38-21-14-10-7-11-15-21/h6-18H,5,19H2,1-4H3. The summed E-state index contributed by atoms with van der Waals surface area (Å²) in [4.78, 5) is 30.5. The monoisotopic (exact) mass is 603 g/mol. The van der Waals surface area contributed by atoms with Gasteiger partial charge in [0.05, 0.1) is 34.0 Å². The molecule has 6 nitrogen and oxygen atoms in total. The van der Waals surface area contributed by atoms with Crippen molar-refractivity contribution in [3.8, 4) is 11.5 Å². The summed E-state index contributed by atoms with van der Waals surface area (Å²) < 4.78 is 17.7. The highest BCUT2D eigenvalue weighted by Crippen LogP contribution is 2.58. The van der Waals surface area contributed by atoms with E-state index in [0.717, 1.165) is 25.8 Å². The molecule has 0 radical (unpaired) electrons. The summed E-state index contributed by atoms with van der Waals surface area (Å²) >= 11 is 9.00. The molecule has 2 aliphatic rings. The largest absolute Gasteiger partial charge is 0.497 e. The SMILES string of the molecule is CCOC(=O)C1=C(c2ccccc2)SC(=C2C(=S)C(C)(C)N(C(=O)COc3ccccc3)c3ccc(OC)cc32)S1. The average molecular weight is 604 g/mol. The van der Waals surface area contributed by atoms with Crippen molar-refractivity contribution in [1.82, 2.24) is 0 Å². The molecular formula is C32H29NO5S3. The van der Waals surface area contributed by atoms with Gasteiger partial charge in [-0.15, -0.1) is 0 Å². The molecule has 0 saturated carbocycles. The second kappa shape index (κ2) is 12.1. The number of rotatable bonds is 7. The summed E-state index contributed by atoms with van der Waals surface area (Å²) in [6.07, 6.45) is 0. The number of methoxy groups -OCH3 is 1. The van der Waals surface area contributed by atoms with Crippen molar-refractivity contribution < 1.29 is 23.8 Å². The lowest BCUT2D eigenvalue weighted by Crippen LogP contribution is -2.57. The lowest BCUT2D eigenvalue weighted by molar-refractivity contribution is -0.137. The maximum atomic E-state index is 13.7. The number of carbonyl (C=O) groups is 2. The molecule has 0 N–H and O–H groups in total. The minimum Gasteiger partial charge on any atom is -0.497 e. The second-order valence-corrected chi connectivity index (χ2v) is 12.4. The zero-order chi connectivity index (χ0) is 29.1. The van der Waals surface area contributed by atoms with Gasteiger partial charge in [-0.1, -0.05) is 84.3 Å². The fourth-order valence-corrected chi connectivity index (χ4v) is 7.89. The zero-order valence-corrected chi connectivity index (χ0v) is 25.6. The molecular weight excluding hydrogens is 575 g/mol. The van der Waals surface area contributed by atoms with Crippen LogP contribution in [0.5, 0.6) is 11.5 Å². The van der Waals surface area contributed by atoms with Crippen molar-refractivity contribution >= 4 is 68.6 Å². The number of hydrogen-bond donors (Lipinski definition) is 0. The molecule has 9 heteroatoms. The molecule has 0 aliphatic carbocycles. The van der Waals surface area contributed by atoms with Crippen molar-refractivity contribution in [2.24, 2.45) is 0 Å². The minimum absolute atomic E-state index is 0.149. The average Bonchev–Trinajstić information content (AvgIpc) is 3.43. The van der Waals surface area contributed by atoms with Crippen LogP contribution in [0, 0.1) is 0 Å². The van der Waals surface area contributed by atoms with E-state index in [1.807, 2.05) is 92.7 Å². The molecule has 0 saturated heterocycles. The molecule has 0 aromatic heterocycles. The van der Waals surface area contributed by atoms with Gasteiger partial charge in [0.25, 0.3) is 5.91 Å². The quantitative estimate of drug-likeness (QED) is 0.158. The van der Waals surface area contributed by atoms with Crippen LogP contribution in [0.3, 0.4) is 0 Å².